The van der Waals surface area contributed by atoms with Gasteiger partial charge in [-0.2, -0.15) is 0 Å². The molecular weight excluding hydrogens is 240 g/mol. The zero-order chi connectivity index (χ0) is 12.7. The summed E-state index contributed by atoms with van der Waals surface area (Å²) in [5, 5.41) is 5.48. The molecule has 1 aromatic rings. The summed E-state index contributed by atoms with van der Waals surface area (Å²) in [7, 11) is 0. The molecule has 1 N–H and O–H groups in total. The number of anilines is 1. The standard InChI is InChI=1S/C11H18N2O3S/c1-4-15-10(14)9-7-17-11(13-9)12-5-6-16-8(2)3/h7-8H,4-6H2,1-3H3,(H,12,13). The van der Waals surface area contributed by atoms with Crippen LogP contribution in [0.3, 0.4) is 0 Å². The van der Waals surface area contributed by atoms with Crippen molar-refractivity contribution in [2.45, 2.75) is 26.9 Å². The van der Waals surface area contributed by atoms with Crippen LogP contribution in [-0.2, 0) is 9.47 Å². The van der Waals surface area contributed by atoms with Crippen molar-refractivity contribution in [1.29, 1.82) is 0 Å². The summed E-state index contributed by atoms with van der Waals surface area (Å²) in [6, 6.07) is 0. The molecule has 5 nitrogen and oxygen atoms in total. The highest BCUT2D eigenvalue weighted by atomic mass is 32.1. The summed E-state index contributed by atoms with van der Waals surface area (Å²) in [6.45, 7) is 7.40. The van der Waals surface area contributed by atoms with E-state index in [9.17, 15) is 4.79 Å². The van der Waals surface area contributed by atoms with Crippen LogP contribution in [0.2, 0.25) is 0 Å². The largest absolute Gasteiger partial charge is 0.461 e. The molecule has 17 heavy (non-hydrogen) atoms. The minimum atomic E-state index is -0.379. The Morgan fingerprint density at radius 3 is 3.00 bits per heavy atom. The lowest BCUT2D eigenvalue weighted by atomic mass is 10.5. The lowest BCUT2D eigenvalue weighted by Gasteiger charge is -2.07. The molecule has 0 saturated carbocycles. The Morgan fingerprint density at radius 1 is 1.59 bits per heavy atom. The third-order valence-electron chi connectivity index (χ3n) is 1.82. The van der Waals surface area contributed by atoms with Gasteiger partial charge in [-0.25, -0.2) is 9.78 Å². The van der Waals surface area contributed by atoms with Gasteiger partial charge in [0.1, 0.15) is 0 Å². The normalized spacial score (nSPS) is 10.6. The van der Waals surface area contributed by atoms with Gasteiger partial charge >= 0.3 is 5.97 Å². The van der Waals surface area contributed by atoms with E-state index in [1.807, 2.05) is 13.8 Å². The Balaban J connectivity index is 2.33. The highest BCUT2D eigenvalue weighted by Gasteiger charge is 2.10. The van der Waals surface area contributed by atoms with Crippen molar-refractivity contribution in [2.75, 3.05) is 25.1 Å². The van der Waals surface area contributed by atoms with Crippen molar-refractivity contribution >= 4 is 22.4 Å². The quantitative estimate of drug-likeness (QED) is 0.600. The van der Waals surface area contributed by atoms with Gasteiger partial charge < -0.3 is 14.8 Å². The third kappa shape index (κ3) is 5.14. The third-order valence-corrected chi connectivity index (χ3v) is 2.62. The lowest BCUT2D eigenvalue weighted by molar-refractivity contribution is 0.0520. The smallest absolute Gasteiger partial charge is 0.357 e. The molecule has 0 atom stereocenters. The van der Waals surface area contributed by atoms with E-state index in [0.717, 1.165) is 0 Å². The molecule has 0 aromatic carbocycles. The summed E-state index contributed by atoms with van der Waals surface area (Å²) in [5.41, 5.74) is 0.351. The Hall–Kier alpha value is -1.14. The van der Waals surface area contributed by atoms with Crippen LogP contribution in [0.5, 0.6) is 0 Å². The van der Waals surface area contributed by atoms with Gasteiger partial charge in [-0.1, -0.05) is 0 Å². The summed E-state index contributed by atoms with van der Waals surface area (Å²) >= 11 is 1.38. The molecule has 0 aliphatic rings. The van der Waals surface area contributed by atoms with E-state index in [1.165, 1.54) is 11.3 Å². The Labute approximate surface area is 105 Å². The second-order valence-corrected chi connectivity index (χ2v) is 4.46. The van der Waals surface area contributed by atoms with Crippen molar-refractivity contribution in [1.82, 2.24) is 4.98 Å². The van der Waals surface area contributed by atoms with Crippen LogP contribution in [0, 0.1) is 0 Å². The second-order valence-electron chi connectivity index (χ2n) is 3.60. The fourth-order valence-corrected chi connectivity index (χ4v) is 1.81. The maximum absolute atomic E-state index is 11.3. The van der Waals surface area contributed by atoms with Crippen molar-refractivity contribution in [3.8, 4) is 0 Å². The van der Waals surface area contributed by atoms with Crippen LogP contribution in [-0.4, -0.2) is 36.8 Å². The summed E-state index contributed by atoms with van der Waals surface area (Å²) < 4.78 is 10.2. The molecule has 6 heteroatoms. The van der Waals surface area contributed by atoms with Gasteiger partial charge in [-0.05, 0) is 20.8 Å². The molecule has 1 rings (SSSR count). The molecule has 96 valence electrons. The van der Waals surface area contributed by atoms with Crippen LogP contribution in [0.25, 0.3) is 0 Å². The van der Waals surface area contributed by atoms with Gasteiger partial charge in [-0.3, -0.25) is 0 Å². The molecule has 1 heterocycles. The van der Waals surface area contributed by atoms with E-state index < -0.39 is 0 Å². The Kier molecular flexibility index (Phi) is 5.93. The fraction of sp³-hybridized carbons (Fsp3) is 0.636. The number of ether oxygens (including phenoxy) is 2. The first-order valence-electron chi connectivity index (χ1n) is 5.61. The molecule has 1 aromatic heterocycles. The van der Waals surface area contributed by atoms with E-state index in [-0.39, 0.29) is 12.1 Å². The first-order valence-corrected chi connectivity index (χ1v) is 6.49. The molecule has 0 bridgehead atoms. The number of hydrogen-bond donors (Lipinski definition) is 1. The van der Waals surface area contributed by atoms with Crippen molar-refractivity contribution in [2.24, 2.45) is 0 Å². The highest BCUT2D eigenvalue weighted by molar-refractivity contribution is 7.13. The predicted octanol–water partition coefficient (Wildman–Crippen LogP) is 2.16. The molecule has 0 unspecified atom stereocenters. The number of rotatable bonds is 7. The molecule has 0 fully saturated rings. The molecule has 0 radical (unpaired) electrons. The summed E-state index contributed by atoms with van der Waals surface area (Å²) in [4.78, 5) is 15.5. The highest BCUT2D eigenvalue weighted by Crippen LogP contribution is 2.15. The molecule has 0 aliphatic heterocycles. The molecule has 0 aliphatic carbocycles. The van der Waals surface area contributed by atoms with Gasteiger partial charge in [0, 0.05) is 11.9 Å². The van der Waals surface area contributed by atoms with Gasteiger partial charge in [0.05, 0.1) is 19.3 Å². The van der Waals surface area contributed by atoms with E-state index in [4.69, 9.17) is 9.47 Å². The number of carbonyl (C=O) groups is 1. The van der Waals surface area contributed by atoms with Gasteiger partial charge in [0.25, 0.3) is 0 Å². The van der Waals surface area contributed by atoms with Crippen LogP contribution >= 0.6 is 11.3 Å². The monoisotopic (exact) mass is 258 g/mol. The molecule has 0 spiro atoms. The van der Waals surface area contributed by atoms with E-state index in [2.05, 4.69) is 10.3 Å². The summed E-state index contributed by atoms with van der Waals surface area (Å²) in [5.74, 6) is -0.379. The maximum Gasteiger partial charge on any atom is 0.357 e. The zero-order valence-corrected chi connectivity index (χ0v) is 11.2. The number of hydrogen-bond acceptors (Lipinski definition) is 6. The topological polar surface area (TPSA) is 60.5 Å². The average molecular weight is 258 g/mol. The maximum atomic E-state index is 11.3. The van der Waals surface area contributed by atoms with Gasteiger partial charge in [0.15, 0.2) is 10.8 Å². The summed E-state index contributed by atoms with van der Waals surface area (Å²) in [6.07, 6.45) is 0.225. The predicted molar refractivity (Wildman–Crippen MR) is 67.6 cm³/mol. The van der Waals surface area contributed by atoms with Gasteiger partial charge in [-0.15, -0.1) is 11.3 Å². The minimum Gasteiger partial charge on any atom is -0.461 e. The van der Waals surface area contributed by atoms with Crippen molar-refractivity contribution in [3.63, 3.8) is 0 Å². The van der Waals surface area contributed by atoms with Gasteiger partial charge in [0.2, 0.25) is 0 Å². The number of esters is 1. The number of thiazole rings is 1. The zero-order valence-electron chi connectivity index (χ0n) is 10.4. The van der Waals surface area contributed by atoms with Crippen molar-refractivity contribution in [3.05, 3.63) is 11.1 Å². The van der Waals surface area contributed by atoms with Crippen molar-refractivity contribution < 1.29 is 14.3 Å². The van der Waals surface area contributed by atoms with E-state index in [0.29, 0.717) is 30.6 Å². The van der Waals surface area contributed by atoms with Crippen LogP contribution in [0.4, 0.5) is 5.13 Å². The van der Waals surface area contributed by atoms with Crippen LogP contribution in [0.1, 0.15) is 31.3 Å². The van der Waals surface area contributed by atoms with Crippen LogP contribution < -0.4 is 5.32 Å². The van der Waals surface area contributed by atoms with Crippen LogP contribution in [0.15, 0.2) is 5.38 Å². The van der Waals surface area contributed by atoms with E-state index in [1.54, 1.807) is 12.3 Å². The first-order chi connectivity index (χ1) is 8.13. The molecular formula is C11H18N2O3S. The minimum absolute atomic E-state index is 0.225. The molecule has 0 amide bonds. The second kappa shape index (κ2) is 7.24. The Morgan fingerprint density at radius 2 is 2.35 bits per heavy atom. The SMILES string of the molecule is CCOC(=O)c1csc(NCCOC(C)C)n1. The number of aromatic nitrogens is 1. The fourth-order valence-electron chi connectivity index (χ4n) is 1.11. The van der Waals surface area contributed by atoms with E-state index >= 15 is 0 Å². The average Bonchev–Trinajstić information content (AvgIpc) is 2.73. The lowest BCUT2D eigenvalue weighted by Crippen LogP contribution is -2.13. The molecule has 0 saturated heterocycles. The number of nitrogens with one attached hydrogen (secondary N) is 1. The first kappa shape index (κ1) is 13.9. The Bertz CT molecular complexity index is 352. The number of nitrogens with zero attached hydrogens (tertiary/aromatic N) is 1. The number of carbonyl (C=O) groups excluding carboxylic acids is 1.